The van der Waals surface area contributed by atoms with E-state index >= 15 is 0 Å². The SMILES string of the molecule is C[C@H]1C(=O)[C@@]2(C)CCC34C[C@]56OC(=O)C[C@H]5OC(C)(C)[C@@H]6C[C@H](O)[C@H]3C(=O)[C@@]3(O[C@H]5[C@H](OC(=O)[C@]5(C)O)[C@@H]1[C@H]32)O4. The number of hydrogen-bond donors (Lipinski definition) is 2. The van der Waals surface area contributed by atoms with Crippen molar-refractivity contribution in [1.82, 2.24) is 0 Å². The van der Waals surface area contributed by atoms with Crippen molar-refractivity contribution in [3.05, 3.63) is 0 Å². The summed E-state index contributed by atoms with van der Waals surface area (Å²) < 4.78 is 31.6. The Kier molecular flexibility index (Phi) is 4.50. The molecule has 0 aromatic carbocycles. The Morgan fingerprint density at radius 1 is 0.975 bits per heavy atom. The summed E-state index contributed by atoms with van der Waals surface area (Å²) in [7, 11) is 0. The van der Waals surface area contributed by atoms with Crippen LogP contribution in [-0.4, -0.2) is 86.3 Å². The van der Waals surface area contributed by atoms with Crippen LogP contribution in [0.4, 0.5) is 0 Å². The second kappa shape index (κ2) is 6.99. The Bertz CT molecular complexity index is 1290. The number of Topliss-reactive ketones (excluding diaryl/α,β-unsaturated/α-hetero) is 2. The maximum Gasteiger partial charge on any atom is 0.341 e. The molecule has 0 aromatic heterocycles. The fraction of sp³-hybridized carbons (Fsp3) is 0.862. The van der Waals surface area contributed by atoms with Gasteiger partial charge in [-0.15, -0.1) is 0 Å². The molecule has 11 heteroatoms. The van der Waals surface area contributed by atoms with Crippen molar-refractivity contribution < 1.29 is 53.1 Å². The second-order valence-corrected chi connectivity index (χ2v) is 14.7. The van der Waals surface area contributed by atoms with Gasteiger partial charge in [0.1, 0.15) is 29.7 Å². The summed E-state index contributed by atoms with van der Waals surface area (Å²) in [6, 6.07) is 0. The summed E-state index contributed by atoms with van der Waals surface area (Å²) in [6.07, 6.45) is -2.95. The van der Waals surface area contributed by atoms with Gasteiger partial charge in [-0.25, -0.2) is 4.79 Å². The molecule has 6 saturated heterocycles. The monoisotopic (exact) mass is 560 g/mol. The summed E-state index contributed by atoms with van der Waals surface area (Å²) in [6.45, 7) is 8.72. The van der Waals surface area contributed by atoms with E-state index in [0.29, 0.717) is 6.42 Å². The molecule has 14 atom stereocenters. The zero-order valence-electron chi connectivity index (χ0n) is 23.3. The van der Waals surface area contributed by atoms with Gasteiger partial charge in [0.05, 0.1) is 29.6 Å². The number of aliphatic hydroxyl groups is 2. The van der Waals surface area contributed by atoms with Crippen molar-refractivity contribution in [2.45, 2.75) is 119 Å². The smallest absolute Gasteiger partial charge is 0.341 e. The van der Waals surface area contributed by atoms with E-state index in [1.165, 1.54) is 6.92 Å². The topological polar surface area (TPSA) is 155 Å². The van der Waals surface area contributed by atoms with Crippen LogP contribution in [0.15, 0.2) is 0 Å². The first-order valence-corrected chi connectivity index (χ1v) is 14.5. The third-order valence-corrected chi connectivity index (χ3v) is 12.4. The van der Waals surface area contributed by atoms with E-state index in [4.69, 9.17) is 23.7 Å². The summed E-state index contributed by atoms with van der Waals surface area (Å²) in [5, 5.41) is 23.0. The van der Waals surface area contributed by atoms with Crippen LogP contribution >= 0.6 is 0 Å². The van der Waals surface area contributed by atoms with Crippen LogP contribution < -0.4 is 0 Å². The second-order valence-electron chi connectivity index (χ2n) is 14.7. The Morgan fingerprint density at radius 3 is 2.42 bits per heavy atom. The Hall–Kier alpha value is -1.92. The highest BCUT2D eigenvalue weighted by molar-refractivity contribution is 5.98. The van der Waals surface area contributed by atoms with E-state index < -0.39 is 99.4 Å². The lowest BCUT2D eigenvalue weighted by molar-refractivity contribution is -0.339. The maximum absolute atomic E-state index is 14.8. The lowest BCUT2D eigenvalue weighted by Crippen LogP contribution is -2.66. The van der Waals surface area contributed by atoms with Crippen LogP contribution in [0.1, 0.15) is 66.7 Å². The van der Waals surface area contributed by atoms with Crippen LogP contribution in [-0.2, 0) is 42.9 Å². The van der Waals surface area contributed by atoms with Crippen LogP contribution in [0.25, 0.3) is 0 Å². The van der Waals surface area contributed by atoms with Gasteiger partial charge in [0.2, 0.25) is 11.6 Å². The predicted octanol–water partition coefficient (Wildman–Crippen LogP) is 0.598. The third kappa shape index (κ3) is 2.55. The lowest BCUT2D eigenvalue weighted by atomic mass is 9.60. The van der Waals surface area contributed by atoms with Crippen molar-refractivity contribution in [2.75, 3.05) is 0 Å². The fourth-order valence-corrected chi connectivity index (χ4v) is 10.8. The highest BCUT2D eigenvalue weighted by Crippen LogP contribution is 2.71. The molecule has 2 saturated carbocycles. The minimum atomic E-state index is -2.06. The number of carbonyl (C=O) groups excluding carboxylic acids is 4. The molecule has 8 aliphatic rings. The van der Waals surface area contributed by atoms with Gasteiger partial charge in [0.15, 0.2) is 5.60 Å². The maximum atomic E-state index is 14.8. The van der Waals surface area contributed by atoms with Crippen LogP contribution in [0, 0.1) is 35.0 Å². The summed E-state index contributed by atoms with van der Waals surface area (Å²) >= 11 is 0. The average Bonchev–Trinajstić information content (AvgIpc) is 3.43. The predicted molar refractivity (Wildman–Crippen MR) is 130 cm³/mol. The van der Waals surface area contributed by atoms with E-state index in [2.05, 4.69) is 0 Å². The van der Waals surface area contributed by atoms with Gasteiger partial charge in [-0.2, -0.15) is 0 Å². The third-order valence-electron chi connectivity index (χ3n) is 12.4. The first kappa shape index (κ1) is 25.8. The molecule has 2 N–H and O–H groups in total. The molecule has 11 nitrogen and oxygen atoms in total. The highest BCUT2D eigenvalue weighted by Gasteiger charge is 2.84. The molecule has 40 heavy (non-hydrogen) atoms. The Morgan fingerprint density at radius 2 is 1.70 bits per heavy atom. The molecule has 2 aliphatic carbocycles. The van der Waals surface area contributed by atoms with Crippen LogP contribution in [0.5, 0.6) is 0 Å². The Labute approximate surface area is 231 Å². The standard InChI is InChI=1S/C29H36O11/c1-11-16-18-22(26(5,35)23(34)36-18)39-29-19(16)25(4,20(11)32)6-7-27(40-29)10-28-13(8-12(30)17(27)21(29)33)24(2,3)37-14(28)9-15(31)38-28/h11-14,16-19,22,30,35H,6-10H2,1-5H3/t11-,12+,13+,14-,16-,17+,18-,19+,22+,25+,26-,27?,28-,29+/m1/s1. The molecular weight excluding hydrogens is 524 g/mol. The van der Waals surface area contributed by atoms with Crippen LogP contribution in [0.3, 0.4) is 0 Å². The first-order valence-electron chi connectivity index (χ1n) is 14.5. The zero-order valence-corrected chi connectivity index (χ0v) is 23.3. The minimum absolute atomic E-state index is 0.0636. The molecule has 6 aliphatic heterocycles. The molecule has 8 rings (SSSR count). The van der Waals surface area contributed by atoms with Gasteiger partial charge < -0.3 is 33.9 Å². The lowest BCUT2D eigenvalue weighted by Gasteiger charge is -2.50. The number of ketones is 2. The summed E-state index contributed by atoms with van der Waals surface area (Å²) in [5.74, 6) is -7.18. The molecule has 1 unspecified atom stereocenters. The van der Waals surface area contributed by atoms with E-state index in [9.17, 15) is 29.4 Å². The van der Waals surface area contributed by atoms with E-state index in [0.717, 1.165) is 0 Å². The minimum Gasteiger partial charge on any atom is -0.457 e. The number of carbonyl (C=O) groups is 4. The molecule has 6 heterocycles. The quantitative estimate of drug-likeness (QED) is 0.400. The molecule has 2 bridgehead atoms. The first-order chi connectivity index (χ1) is 18.5. The molecule has 0 aromatic rings. The molecule has 218 valence electrons. The van der Waals surface area contributed by atoms with Crippen molar-refractivity contribution in [3.8, 4) is 0 Å². The van der Waals surface area contributed by atoms with Gasteiger partial charge in [-0.3, -0.25) is 14.4 Å². The van der Waals surface area contributed by atoms with Crippen molar-refractivity contribution >= 4 is 23.5 Å². The van der Waals surface area contributed by atoms with Gasteiger partial charge >= 0.3 is 11.9 Å². The average molecular weight is 561 g/mol. The molecule has 3 spiro atoms. The largest absolute Gasteiger partial charge is 0.457 e. The number of fused-ring (bicyclic) bond motifs is 2. The van der Waals surface area contributed by atoms with Gasteiger partial charge in [-0.1, -0.05) is 13.8 Å². The van der Waals surface area contributed by atoms with Gasteiger partial charge in [-0.05, 0) is 40.0 Å². The summed E-state index contributed by atoms with van der Waals surface area (Å²) in [5.41, 5.74) is -6.25. The highest BCUT2D eigenvalue weighted by atomic mass is 16.7. The fourth-order valence-electron chi connectivity index (χ4n) is 10.8. The molecule has 0 amide bonds. The van der Waals surface area contributed by atoms with Crippen molar-refractivity contribution in [2.24, 2.45) is 35.0 Å². The molecule has 8 fully saturated rings. The van der Waals surface area contributed by atoms with Crippen molar-refractivity contribution in [3.63, 3.8) is 0 Å². The normalized spacial score (nSPS) is 60.6. The molecule has 0 radical (unpaired) electrons. The van der Waals surface area contributed by atoms with E-state index in [-0.39, 0.29) is 37.4 Å². The van der Waals surface area contributed by atoms with Gasteiger partial charge in [0, 0.05) is 35.5 Å². The van der Waals surface area contributed by atoms with Crippen LogP contribution in [0.2, 0.25) is 0 Å². The van der Waals surface area contributed by atoms with Crippen molar-refractivity contribution in [1.29, 1.82) is 0 Å². The number of rotatable bonds is 0. The number of esters is 2. The zero-order chi connectivity index (χ0) is 28.6. The van der Waals surface area contributed by atoms with Gasteiger partial charge in [0.25, 0.3) is 0 Å². The van der Waals surface area contributed by atoms with E-state index in [1.807, 2.05) is 20.8 Å². The number of hydrogen-bond acceptors (Lipinski definition) is 11. The molecular formula is C29H36O11. The summed E-state index contributed by atoms with van der Waals surface area (Å²) in [4.78, 5) is 54.3. The van der Waals surface area contributed by atoms with E-state index in [1.54, 1.807) is 6.92 Å². The number of ether oxygens (including phenoxy) is 5. The Balaban J connectivity index is 1.33. The number of aliphatic hydroxyl groups excluding tert-OH is 1.